The van der Waals surface area contributed by atoms with Crippen LogP contribution in [0.2, 0.25) is 0 Å². The summed E-state index contributed by atoms with van der Waals surface area (Å²) >= 11 is 5.83. The number of nitrogens with zero attached hydrogens (tertiary/aromatic N) is 4. The molecule has 2 atom stereocenters. The maximum absolute atomic E-state index is 12.2. The molecule has 7 nitrogen and oxygen atoms in total. The first kappa shape index (κ1) is 23.7. The van der Waals surface area contributed by atoms with Crippen LogP contribution >= 0.6 is 12.2 Å². The summed E-state index contributed by atoms with van der Waals surface area (Å²) in [5.41, 5.74) is 6.53. The summed E-state index contributed by atoms with van der Waals surface area (Å²) < 4.78 is 7.09. The van der Waals surface area contributed by atoms with Gasteiger partial charge in [0.2, 0.25) is 0 Å². The highest BCUT2D eigenvalue weighted by molar-refractivity contribution is 7.80. The van der Waals surface area contributed by atoms with E-state index in [9.17, 15) is 4.79 Å². The molecule has 0 spiro atoms. The van der Waals surface area contributed by atoms with Gasteiger partial charge in [0.1, 0.15) is 0 Å². The van der Waals surface area contributed by atoms with Crippen LogP contribution in [-0.4, -0.2) is 37.6 Å². The number of methoxy groups -OCH3 is 1. The van der Waals surface area contributed by atoms with Crippen LogP contribution in [-0.2, 0) is 11.3 Å². The maximum atomic E-state index is 12.2. The van der Waals surface area contributed by atoms with Gasteiger partial charge >= 0.3 is 5.97 Å². The Labute approximate surface area is 215 Å². The van der Waals surface area contributed by atoms with Crippen molar-refractivity contribution in [2.45, 2.75) is 32.5 Å². The Balaban J connectivity index is 1.61. The predicted octanol–water partition coefficient (Wildman–Crippen LogP) is 4.84. The Morgan fingerprint density at radius 1 is 1.03 bits per heavy atom. The zero-order valence-corrected chi connectivity index (χ0v) is 21.2. The van der Waals surface area contributed by atoms with E-state index in [1.54, 1.807) is 18.5 Å². The van der Waals surface area contributed by atoms with Crippen molar-refractivity contribution in [2.75, 3.05) is 7.11 Å². The van der Waals surface area contributed by atoms with Gasteiger partial charge in [-0.3, -0.25) is 9.97 Å². The highest BCUT2D eigenvalue weighted by atomic mass is 32.1. The molecule has 1 fully saturated rings. The van der Waals surface area contributed by atoms with Gasteiger partial charge in [-0.25, -0.2) is 4.79 Å². The average Bonchev–Trinajstić information content (AvgIpc) is 3.39. The molecular weight excluding hydrogens is 470 g/mol. The van der Waals surface area contributed by atoms with Gasteiger partial charge in [-0.05, 0) is 80.2 Å². The molecular formula is C28H27N5O2S. The lowest BCUT2D eigenvalue weighted by Crippen LogP contribution is -2.29. The zero-order chi connectivity index (χ0) is 25.2. The van der Waals surface area contributed by atoms with Crippen molar-refractivity contribution in [2.24, 2.45) is 0 Å². The fourth-order valence-electron chi connectivity index (χ4n) is 4.95. The lowest BCUT2D eigenvalue weighted by Gasteiger charge is -2.28. The Bertz CT molecular complexity index is 1400. The van der Waals surface area contributed by atoms with Crippen molar-refractivity contribution < 1.29 is 9.53 Å². The number of thiocarbonyl (C=S) groups is 1. The summed E-state index contributed by atoms with van der Waals surface area (Å²) in [7, 11) is 1.39. The Morgan fingerprint density at radius 3 is 2.50 bits per heavy atom. The van der Waals surface area contributed by atoms with E-state index >= 15 is 0 Å². The standard InChI is InChI=1S/C28H27N5O2S/c1-18-15-23(19(2)33(18)22-11-8-9-20(16-22)27(34)35-3)26-25(24-12-5-7-14-30-24)31-28(36)32(26)17-21-10-4-6-13-29-21/h4-16,25-26H,17H2,1-3H3,(H,31,36)/t25-,26-/m1/s1. The molecule has 0 radical (unpaired) electrons. The highest BCUT2D eigenvalue weighted by Crippen LogP contribution is 2.42. The fourth-order valence-corrected chi connectivity index (χ4v) is 5.26. The lowest BCUT2D eigenvalue weighted by molar-refractivity contribution is 0.0600. The predicted molar refractivity (Wildman–Crippen MR) is 142 cm³/mol. The van der Waals surface area contributed by atoms with E-state index in [4.69, 9.17) is 17.0 Å². The van der Waals surface area contributed by atoms with E-state index < -0.39 is 0 Å². The molecule has 3 aromatic heterocycles. The second-order valence-electron chi connectivity index (χ2n) is 8.78. The van der Waals surface area contributed by atoms with Crippen LogP contribution in [0.15, 0.2) is 79.1 Å². The topological polar surface area (TPSA) is 72.3 Å². The molecule has 8 heteroatoms. The van der Waals surface area contributed by atoms with E-state index in [2.05, 4.69) is 44.7 Å². The monoisotopic (exact) mass is 497 g/mol. The summed E-state index contributed by atoms with van der Waals surface area (Å²) in [4.78, 5) is 23.5. The molecule has 0 bridgehead atoms. The maximum Gasteiger partial charge on any atom is 0.337 e. The number of benzene rings is 1. The number of rotatable bonds is 6. The lowest BCUT2D eigenvalue weighted by atomic mass is 9.96. The molecule has 36 heavy (non-hydrogen) atoms. The molecule has 0 unspecified atom stereocenters. The molecule has 4 heterocycles. The minimum absolute atomic E-state index is 0.0989. The number of carbonyl (C=O) groups is 1. The second-order valence-corrected chi connectivity index (χ2v) is 9.17. The van der Waals surface area contributed by atoms with Gasteiger partial charge < -0.3 is 19.5 Å². The summed E-state index contributed by atoms with van der Waals surface area (Å²) in [5.74, 6) is -0.360. The van der Waals surface area contributed by atoms with Crippen LogP contribution in [0.25, 0.3) is 5.69 Å². The third-order valence-corrected chi connectivity index (χ3v) is 6.92. The molecule has 1 aliphatic rings. The number of carbonyl (C=O) groups excluding carboxylic acids is 1. The van der Waals surface area contributed by atoms with Gasteiger partial charge in [0, 0.05) is 29.5 Å². The van der Waals surface area contributed by atoms with E-state index in [0.717, 1.165) is 34.0 Å². The smallest absolute Gasteiger partial charge is 0.337 e. The Hall–Kier alpha value is -4.04. The summed E-state index contributed by atoms with van der Waals surface area (Å²) in [5, 5.41) is 4.18. The highest BCUT2D eigenvalue weighted by Gasteiger charge is 2.41. The first-order valence-electron chi connectivity index (χ1n) is 11.7. The van der Waals surface area contributed by atoms with E-state index in [1.165, 1.54) is 7.11 Å². The van der Waals surface area contributed by atoms with Crippen molar-refractivity contribution in [1.82, 2.24) is 24.8 Å². The molecule has 0 aliphatic carbocycles. The van der Waals surface area contributed by atoms with Gasteiger partial charge in [-0.1, -0.05) is 18.2 Å². The fraction of sp³-hybridized carbons (Fsp3) is 0.214. The van der Waals surface area contributed by atoms with Crippen molar-refractivity contribution >= 4 is 23.3 Å². The van der Waals surface area contributed by atoms with E-state index in [1.807, 2.05) is 54.6 Å². The van der Waals surface area contributed by atoms with Crippen molar-refractivity contribution in [3.63, 3.8) is 0 Å². The van der Waals surface area contributed by atoms with Gasteiger partial charge in [-0.15, -0.1) is 0 Å². The Kier molecular flexibility index (Phi) is 6.52. The SMILES string of the molecule is COC(=O)c1cccc(-n2c(C)cc([C@@H]3[C@@H](c4ccccn4)NC(=S)N3Cc3ccccn3)c2C)c1. The van der Waals surface area contributed by atoms with Crippen molar-refractivity contribution in [1.29, 1.82) is 0 Å². The van der Waals surface area contributed by atoms with Crippen LogP contribution in [0, 0.1) is 13.8 Å². The number of aromatic nitrogens is 3. The molecule has 182 valence electrons. The number of hydrogen-bond donors (Lipinski definition) is 1. The van der Waals surface area contributed by atoms with Gasteiger partial charge in [-0.2, -0.15) is 0 Å². The molecule has 5 rings (SSSR count). The van der Waals surface area contributed by atoms with Gasteiger partial charge in [0.15, 0.2) is 5.11 Å². The first-order chi connectivity index (χ1) is 17.5. The normalized spacial score (nSPS) is 17.2. The molecule has 0 saturated carbocycles. The zero-order valence-electron chi connectivity index (χ0n) is 20.4. The number of pyridine rings is 2. The molecule has 1 aliphatic heterocycles. The van der Waals surface area contributed by atoms with Crippen LogP contribution in [0.4, 0.5) is 0 Å². The Morgan fingerprint density at radius 2 is 1.81 bits per heavy atom. The molecule has 0 amide bonds. The molecule has 1 saturated heterocycles. The summed E-state index contributed by atoms with van der Waals surface area (Å²) in [6.07, 6.45) is 3.60. The third kappa shape index (κ3) is 4.35. The number of esters is 1. The number of nitrogens with one attached hydrogen (secondary N) is 1. The van der Waals surface area contributed by atoms with Crippen LogP contribution in [0.1, 0.15) is 50.8 Å². The number of ether oxygens (including phenoxy) is 1. The molecule has 1 N–H and O–H groups in total. The number of hydrogen-bond acceptors (Lipinski definition) is 5. The van der Waals surface area contributed by atoms with E-state index in [-0.39, 0.29) is 18.1 Å². The van der Waals surface area contributed by atoms with Crippen LogP contribution in [0.5, 0.6) is 0 Å². The van der Waals surface area contributed by atoms with E-state index in [0.29, 0.717) is 17.2 Å². The minimum atomic E-state index is -0.360. The van der Waals surface area contributed by atoms with Crippen molar-refractivity contribution in [3.8, 4) is 5.69 Å². The number of aryl methyl sites for hydroxylation is 1. The largest absolute Gasteiger partial charge is 0.465 e. The average molecular weight is 498 g/mol. The van der Waals surface area contributed by atoms with Crippen LogP contribution in [0.3, 0.4) is 0 Å². The quantitative estimate of drug-likeness (QED) is 0.302. The second kappa shape index (κ2) is 9.91. The van der Waals surface area contributed by atoms with Gasteiger partial charge in [0.05, 0.1) is 42.7 Å². The minimum Gasteiger partial charge on any atom is -0.465 e. The third-order valence-electron chi connectivity index (χ3n) is 6.57. The molecule has 4 aromatic rings. The molecule has 1 aromatic carbocycles. The summed E-state index contributed by atoms with van der Waals surface area (Å²) in [6, 6.07) is 21.3. The van der Waals surface area contributed by atoms with Crippen LogP contribution < -0.4 is 5.32 Å². The first-order valence-corrected chi connectivity index (χ1v) is 12.1. The summed E-state index contributed by atoms with van der Waals surface area (Å²) in [6.45, 7) is 4.74. The van der Waals surface area contributed by atoms with Crippen molar-refractivity contribution in [3.05, 3.63) is 113 Å². The van der Waals surface area contributed by atoms with Gasteiger partial charge in [0.25, 0.3) is 0 Å².